The van der Waals surface area contributed by atoms with Gasteiger partial charge in [0.2, 0.25) is 10.0 Å². The highest BCUT2D eigenvalue weighted by Gasteiger charge is 2.30. The fourth-order valence-corrected chi connectivity index (χ4v) is 4.22. The molecule has 25 heavy (non-hydrogen) atoms. The largest absolute Gasteiger partial charge is 0.495 e. The number of hydrogen-bond acceptors (Lipinski definition) is 5. The van der Waals surface area contributed by atoms with Gasteiger partial charge in [-0.2, -0.15) is 4.31 Å². The summed E-state index contributed by atoms with van der Waals surface area (Å²) < 4.78 is 32.1. The third kappa shape index (κ3) is 4.29. The Kier molecular flexibility index (Phi) is 6.02. The van der Waals surface area contributed by atoms with Crippen molar-refractivity contribution in [2.75, 3.05) is 26.7 Å². The van der Waals surface area contributed by atoms with Gasteiger partial charge in [0, 0.05) is 25.2 Å². The first-order valence-electron chi connectivity index (χ1n) is 7.96. The van der Waals surface area contributed by atoms with Gasteiger partial charge in [-0.05, 0) is 31.0 Å². The van der Waals surface area contributed by atoms with Crippen LogP contribution in [0.5, 0.6) is 5.75 Å². The van der Waals surface area contributed by atoms with E-state index >= 15 is 0 Å². The zero-order valence-electron chi connectivity index (χ0n) is 14.2. The van der Waals surface area contributed by atoms with Crippen molar-refractivity contribution in [3.63, 3.8) is 0 Å². The molecule has 0 bridgehead atoms. The Bertz CT molecular complexity index is 756. The molecule has 1 atom stereocenters. The van der Waals surface area contributed by atoms with Crippen molar-refractivity contribution in [1.82, 2.24) is 9.62 Å². The molecule has 9 heteroatoms. The highest BCUT2D eigenvalue weighted by Crippen LogP contribution is 2.29. The maximum absolute atomic E-state index is 12.8. The third-order valence-electron chi connectivity index (χ3n) is 4.10. The minimum absolute atomic E-state index is 0.0472. The first-order chi connectivity index (χ1) is 11.8. The summed E-state index contributed by atoms with van der Waals surface area (Å²) in [6.07, 6.45) is 1.60. The predicted molar refractivity (Wildman–Crippen MR) is 90.1 cm³/mol. The van der Waals surface area contributed by atoms with Crippen LogP contribution in [0.4, 0.5) is 0 Å². The van der Waals surface area contributed by atoms with E-state index in [9.17, 15) is 18.0 Å². The number of carboxylic acid groups (broad SMARTS) is 1. The molecule has 2 rings (SSSR count). The van der Waals surface area contributed by atoms with Gasteiger partial charge in [-0.1, -0.05) is 6.92 Å². The summed E-state index contributed by atoms with van der Waals surface area (Å²) >= 11 is 0. The minimum atomic E-state index is -3.75. The van der Waals surface area contributed by atoms with E-state index in [-0.39, 0.29) is 22.8 Å². The van der Waals surface area contributed by atoms with E-state index in [2.05, 4.69) is 5.32 Å². The van der Waals surface area contributed by atoms with Crippen LogP contribution in [0.1, 0.15) is 30.1 Å². The Labute approximate surface area is 146 Å². The van der Waals surface area contributed by atoms with Crippen LogP contribution >= 0.6 is 0 Å². The summed E-state index contributed by atoms with van der Waals surface area (Å²) in [5.74, 6) is -2.13. The van der Waals surface area contributed by atoms with Crippen LogP contribution in [0, 0.1) is 5.92 Å². The molecule has 0 aliphatic carbocycles. The van der Waals surface area contributed by atoms with Crippen LogP contribution in [0.25, 0.3) is 0 Å². The van der Waals surface area contributed by atoms with E-state index in [1.165, 1.54) is 36.5 Å². The lowest BCUT2D eigenvalue weighted by molar-refractivity contribution is -0.140. The second kappa shape index (κ2) is 7.83. The summed E-state index contributed by atoms with van der Waals surface area (Å²) in [4.78, 5) is 23.0. The molecular weight excluding hydrogens is 348 g/mol. The molecule has 2 N–H and O–H groups in total. The van der Waals surface area contributed by atoms with Crippen LogP contribution in [-0.4, -0.2) is 56.5 Å². The molecule has 8 nitrogen and oxygen atoms in total. The van der Waals surface area contributed by atoms with Crippen molar-refractivity contribution in [3.05, 3.63) is 23.8 Å². The predicted octanol–water partition coefficient (Wildman–Crippen LogP) is 0.930. The van der Waals surface area contributed by atoms with Crippen LogP contribution < -0.4 is 10.1 Å². The Balaban J connectivity index is 2.27. The molecule has 1 fully saturated rings. The average molecular weight is 370 g/mol. The maximum Gasteiger partial charge on any atom is 0.308 e. The van der Waals surface area contributed by atoms with E-state index < -0.39 is 27.8 Å². The summed E-state index contributed by atoms with van der Waals surface area (Å²) in [6, 6.07) is 4.15. The van der Waals surface area contributed by atoms with Gasteiger partial charge >= 0.3 is 5.97 Å². The van der Waals surface area contributed by atoms with Crippen molar-refractivity contribution in [1.29, 1.82) is 0 Å². The van der Waals surface area contributed by atoms with Crippen molar-refractivity contribution in [2.24, 2.45) is 5.92 Å². The van der Waals surface area contributed by atoms with Crippen LogP contribution in [0.2, 0.25) is 0 Å². The first-order valence-corrected chi connectivity index (χ1v) is 9.40. The number of carbonyl (C=O) groups is 2. The lowest BCUT2D eigenvalue weighted by atomic mass is 10.1. The molecule has 1 aromatic carbocycles. The summed E-state index contributed by atoms with van der Waals surface area (Å²) in [5.41, 5.74) is 0.135. The SMILES string of the molecule is COc1ccc(C(=O)NCC(C)C(=O)O)cc1S(=O)(=O)N1CCCC1. The topological polar surface area (TPSA) is 113 Å². The molecule has 1 aliphatic heterocycles. The number of hydrogen-bond donors (Lipinski definition) is 2. The van der Waals surface area contributed by atoms with E-state index in [4.69, 9.17) is 9.84 Å². The molecule has 1 heterocycles. The molecule has 1 saturated heterocycles. The van der Waals surface area contributed by atoms with Gasteiger partial charge in [0.05, 0.1) is 13.0 Å². The number of rotatable bonds is 7. The molecule has 0 radical (unpaired) electrons. The molecule has 1 amide bonds. The quantitative estimate of drug-likeness (QED) is 0.738. The Morgan fingerprint density at radius 1 is 1.32 bits per heavy atom. The fourth-order valence-electron chi connectivity index (χ4n) is 2.52. The number of amides is 1. The highest BCUT2D eigenvalue weighted by molar-refractivity contribution is 7.89. The van der Waals surface area contributed by atoms with Crippen LogP contribution in [-0.2, 0) is 14.8 Å². The zero-order valence-corrected chi connectivity index (χ0v) is 15.0. The monoisotopic (exact) mass is 370 g/mol. The van der Waals surface area contributed by atoms with Crippen molar-refractivity contribution in [3.8, 4) is 5.75 Å². The van der Waals surface area contributed by atoms with Gasteiger partial charge in [-0.3, -0.25) is 9.59 Å². The molecule has 138 valence electrons. The number of ether oxygens (including phenoxy) is 1. The van der Waals surface area contributed by atoms with Crippen molar-refractivity contribution in [2.45, 2.75) is 24.7 Å². The summed E-state index contributed by atoms with van der Waals surface area (Å²) in [6.45, 7) is 2.31. The summed E-state index contributed by atoms with van der Waals surface area (Å²) in [5, 5.41) is 11.3. The highest BCUT2D eigenvalue weighted by atomic mass is 32.2. The minimum Gasteiger partial charge on any atom is -0.495 e. The maximum atomic E-state index is 12.8. The Morgan fingerprint density at radius 3 is 2.52 bits per heavy atom. The molecular formula is C16H22N2O6S. The van der Waals surface area contributed by atoms with Gasteiger partial charge < -0.3 is 15.2 Å². The lowest BCUT2D eigenvalue weighted by Gasteiger charge is -2.18. The molecule has 0 aromatic heterocycles. The summed E-state index contributed by atoms with van der Waals surface area (Å²) in [7, 11) is -2.38. The van der Waals surface area contributed by atoms with Gasteiger partial charge in [-0.25, -0.2) is 8.42 Å². The van der Waals surface area contributed by atoms with E-state index in [0.717, 1.165) is 12.8 Å². The Morgan fingerprint density at radius 2 is 1.96 bits per heavy atom. The standard InChI is InChI=1S/C16H22N2O6S/c1-11(16(20)21)10-17-15(19)12-5-6-13(24-2)14(9-12)25(22,23)18-7-3-4-8-18/h5-6,9,11H,3-4,7-8,10H2,1-2H3,(H,17,19)(H,20,21). The normalized spacial score (nSPS) is 16.4. The van der Waals surface area contributed by atoms with E-state index in [0.29, 0.717) is 13.1 Å². The fraction of sp³-hybridized carbons (Fsp3) is 0.500. The number of carboxylic acids is 1. The zero-order chi connectivity index (χ0) is 18.6. The molecule has 0 spiro atoms. The second-order valence-electron chi connectivity index (χ2n) is 5.93. The lowest BCUT2D eigenvalue weighted by Crippen LogP contribution is -2.32. The van der Waals surface area contributed by atoms with Gasteiger partial charge in [0.15, 0.2) is 0 Å². The average Bonchev–Trinajstić information content (AvgIpc) is 3.14. The molecule has 1 unspecified atom stereocenters. The van der Waals surface area contributed by atoms with Crippen LogP contribution in [0.15, 0.2) is 23.1 Å². The molecule has 1 aliphatic rings. The van der Waals surface area contributed by atoms with E-state index in [1.54, 1.807) is 0 Å². The number of aliphatic carboxylic acids is 1. The van der Waals surface area contributed by atoms with Gasteiger partial charge in [0.1, 0.15) is 10.6 Å². The second-order valence-corrected chi connectivity index (χ2v) is 7.83. The number of nitrogens with zero attached hydrogens (tertiary/aromatic N) is 1. The van der Waals surface area contributed by atoms with Gasteiger partial charge in [0.25, 0.3) is 5.91 Å². The van der Waals surface area contributed by atoms with Crippen molar-refractivity contribution < 1.29 is 27.9 Å². The smallest absolute Gasteiger partial charge is 0.308 e. The number of benzene rings is 1. The Hall–Kier alpha value is -2.13. The van der Waals surface area contributed by atoms with Gasteiger partial charge in [-0.15, -0.1) is 0 Å². The number of nitrogens with one attached hydrogen (secondary N) is 1. The number of sulfonamides is 1. The van der Waals surface area contributed by atoms with Crippen LogP contribution in [0.3, 0.4) is 0 Å². The van der Waals surface area contributed by atoms with E-state index in [1.807, 2.05) is 0 Å². The molecule has 0 saturated carbocycles. The third-order valence-corrected chi connectivity index (χ3v) is 6.02. The number of methoxy groups -OCH3 is 1. The number of carbonyl (C=O) groups excluding carboxylic acids is 1. The van der Waals surface area contributed by atoms with Crippen molar-refractivity contribution >= 4 is 21.9 Å². The first kappa shape index (κ1) is 19.2. The molecule has 1 aromatic rings.